The molecule has 0 saturated carbocycles. The first-order valence-corrected chi connectivity index (χ1v) is 13.6. The standard InChI is InChI=1S/C28H41O6P/c1-26(2,3)19-11-13-25(22(15-19)27(4,5)6)34-35(29,30-10)33-20-12-14-24(32-18-21-17-31-21)23(16-20)28(7,8)9/h11-16,21H,17-18H2,1-10H3. The molecule has 3 rings (SSSR count). The van der Waals surface area contributed by atoms with Crippen molar-refractivity contribution in [1.29, 1.82) is 0 Å². The molecule has 0 amide bonds. The third-order valence-electron chi connectivity index (χ3n) is 5.89. The van der Waals surface area contributed by atoms with Crippen LogP contribution in [0.1, 0.15) is 79.0 Å². The summed E-state index contributed by atoms with van der Waals surface area (Å²) >= 11 is 0. The Morgan fingerprint density at radius 1 is 0.829 bits per heavy atom. The van der Waals surface area contributed by atoms with Crippen molar-refractivity contribution in [3.05, 3.63) is 53.1 Å². The topological polar surface area (TPSA) is 66.5 Å². The molecule has 35 heavy (non-hydrogen) atoms. The molecule has 0 N–H and O–H groups in total. The molecule has 1 aliphatic heterocycles. The van der Waals surface area contributed by atoms with E-state index in [1.165, 1.54) is 12.7 Å². The Kier molecular flexibility index (Phi) is 7.72. The second kappa shape index (κ2) is 9.80. The van der Waals surface area contributed by atoms with E-state index in [1.54, 1.807) is 6.07 Å². The van der Waals surface area contributed by atoms with Crippen molar-refractivity contribution in [3.63, 3.8) is 0 Å². The Morgan fingerprint density at radius 2 is 1.40 bits per heavy atom. The number of benzene rings is 2. The van der Waals surface area contributed by atoms with Crippen LogP contribution < -0.4 is 13.8 Å². The molecule has 0 bridgehead atoms. The average Bonchev–Trinajstić information content (AvgIpc) is 3.55. The van der Waals surface area contributed by atoms with E-state index in [2.05, 4.69) is 68.4 Å². The lowest BCUT2D eigenvalue weighted by atomic mass is 9.80. The minimum absolute atomic E-state index is 0.0290. The monoisotopic (exact) mass is 504 g/mol. The van der Waals surface area contributed by atoms with Crippen molar-refractivity contribution in [1.82, 2.24) is 0 Å². The molecule has 1 fully saturated rings. The molecule has 0 aromatic heterocycles. The third-order valence-corrected chi connectivity index (χ3v) is 7.19. The Bertz CT molecular complexity index is 1080. The van der Waals surface area contributed by atoms with Gasteiger partial charge in [0, 0.05) is 18.2 Å². The van der Waals surface area contributed by atoms with Crippen molar-refractivity contribution < 1.29 is 27.6 Å². The quantitative estimate of drug-likeness (QED) is 0.273. The maximum absolute atomic E-state index is 13.6. The molecule has 0 radical (unpaired) electrons. The zero-order valence-electron chi connectivity index (χ0n) is 22.9. The van der Waals surface area contributed by atoms with Crippen LogP contribution in [0.15, 0.2) is 36.4 Å². The number of hydrogen-bond donors (Lipinski definition) is 0. The number of epoxide rings is 1. The first-order valence-electron chi connectivity index (χ1n) is 12.1. The number of phosphoric acid groups is 1. The lowest BCUT2D eigenvalue weighted by Crippen LogP contribution is -2.18. The van der Waals surface area contributed by atoms with Crippen LogP contribution in [0.4, 0.5) is 0 Å². The largest absolute Gasteiger partial charge is 0.587 e. The molecule has 194 valence electrons. The molecule has 2 unspecified atom stereocenters. The highest BCUT2D eigenvalue weighted by Gasteiger charge is 2.34. The Morgan fingerprint density at radius 3 is 1.91 bits per heavy atom. The van der Waals surface area contributed by atoms with Crippen LogP contribution in [0.5, 0.6) is 17.2 Å². The van der Waals surface area contributed by atoms with Crippen LogP contribution in [0.25, 0.3) is 0 Å². The normalized spacial score (nSPS) is 18.1. The minimum Gasteiger partial charge on any atom is -0.490 e. The van der Waals surface area contributed by atoms with Gasteiger partial charge in [0.15, 0.2) is 0 Å². The average molecular weight is 505 g/mol. The lowest BCUT2D eigenvalue weighted by molar-refractivity contribution is 0.246. The summed E-state index contributed by atoms with van der Waals surface area (Å²) in [6.45, 7) is 20.3. The van der Waals surface area contributed by atoms with Crippen molar-refractivity contribution in [2.24, 2.45) is 0 Å². The summed E-state index contributed by atoms with van der Waals surface area (Å²) in [6.07, 6.45) is 0.155. The van der Waals surface area contributed by atoms with Gasteiger partial charge < -0.3 is 18.5 Å². The van der Waals surface area contributed by atoms with Crippen LogP contribution in [-0.2, 0) is 30.1 Å². The summed E-state index contributed by atoms with van der Waals surface area (Å²) in [4.78, 5) is 0. The van der Waals surface area contributed by atoms with Crippen molar-refractivity contribution in [2.75, 3.05) is 20.3 Å². The van der Waals surface area contributed by atoms with E-state index in [-0.39, 0.29) is 22.3 Å². The molecule has 6 nitrogen and oxygen atoms in total. The molecular formula is C28H41O6P. The lowest BCUT2D eigenvalue weighted by Gasteiger charge is -2.28. The number of rotatable bonds is 8. The molecule has 1 aliphatic rings. The highest BCUT2D eigenvalue weighted by molar-refractivity contribution is 7.49. The van der Waals surface area contributed by atoms with Gasteiger partial charge in [0.2, 0.25) is 0 Å². The number of hydrogen-bond acceptors (Lipinski definition) is 6. The van der Waals surface area contributed by atoms with Gasteiger partial charge in [0.25, 0.3) is 0 Å². The van der Waals surface area contributed by atoms with E-state index in [0.717, 1.165) is 23.5 Å². The number of ether oxygens (including phenoxy) is 2. The Balaban J connectivity index is 1.91. The Hall–Kier alpha value is -2.01. The van der Waals surface area contributed by atoms with Gasteiger partial charge in [-0.1, -0.05) is 74.4 Å². The van der Waals surface area contributed by atoms with Gasteiger partial charge in [0.1, 0.15) is 30.0 Å². The third kappa shape index (κ3) is 7.25. The van der Waals surface area contributed by atoms with E-state index in [9.17, 15) is 4.57 Å². The van der Waals surface area contributed by atoms with Gasteiger partial charge in [-0.05, 0) is 46.1 Å². The van der Waals surface area contributed by atoms with E-state index >= 15 is 0 Å². The minimum atomic E-state index is -3.97. The fourth-order valence-electron chi connectivity index (χ4n) is 3.63. The van der Waals surface area contributed by atoms with Crippen molar-refractivity contribution >= 4 is 7.82 Å². The summed E-state index contributed by atoms with van der Waals surface area (Å²) in [5, 5.41) is 0. The molecule has 0 aliphatic carbocycles. The smallest absolute Gasteiger partial charge is 0.490 e. The van der Waals surface area contributed by atoms with Crippen LogP contribution in [0.3, 0.4) is 0 Å². The van der Waals surface area contributed by atoms with E-state index < -0.39 is 7.82 Å². The van der Waals surface area contributed by atoms with Crippen LogP contribution >= 0.6 is 7.82 Å². The van der Waals surface area contributed by atoms with E-state index in [4.69, 9.17) is 23.0 Å². The van der Waals surface area contributed by atoms with E-state index in [0.29, 0.717) is 18.1 Å². The fourth-order valence-corrected chi connectivity index (χ4v) is 4.59. The van der Waals surface area contributed by atoms with E-state index in [1.807, 2.05) is 24.3 Å². The number of phosphoric ester groups is 1. The molecular weight excluding hydrogens is 463 g/mol. The first kappa shape index (κ1) is 27.6. The molecule has 1 heterocycles. The molecule has 0 spiro atoms. The van der Waals surface area contributed by atoms with Gasteiger partial charge in [-0.15, -0.1) is 0 Å². The summed E-state index contributed by atoms with van der Waals surface area (Å²) in [6, 6.07) is 11.4. The highest BCUT2D eigenvalue weighted by Crippen LogP contribution is 2.52. The Labute approximate surface area is 210 Å². The van der Waals surface area contributed by atoms with Gasteiger partial charge in [-0.3, -0.25) is 4.52 Å². The van der Waals surface area contributed by atoms with Crippen molar-refractivity contribution in [2.45, 2.75) is 84.7 Å². The maximum atomic E-state index is 13.6. The van der Waals surface area contributed by atoms with Gasteiger partial charge >= 0.3 is 7.82 Å². The predicted octanol–water partition coefficient (Wildman–Crippen LogP) is 7.57. The molecule has 2 aromatic carbocycles. The second-order valence-corrected chi connectivity index (χ2v) is 13.8. The highest BCUT2D eigenvalue weighted by atomic mass is 31.2. The molecule has 1 saturated heterocycles. The van der Waals surface area contributed by atoms with Gasteiger partial charge in [-0.2, -0.15) is 0 Å². The molecule has 2 aromatic rings. The molecule has 2 atom stereocenters. The maximum Gasteiger partial charge on any atom is 0.587 e. The summed E-state index contributed by atoms with van der Waals surface area (Å²) in [7, 11) is -2.63. The van der Waals surface area contributed by atoms with Gasteiger partial charge in [0.05, 0.1) is 6.61 Å². The SMILES string of the molecule is COP(=O)(Oc1ccc(OCC2CO2)c(C(C)(C)C)c1)Oc1ccc(C(C)(C)C)cc1C(C)(C)C. The summed E-state index contributed by atoms with van der Waals surface area (Å²) < 4.78 is 42.1. The second-order valence-electron chi connectivity index (χ2n) is 12.2. The zero-order valence-corrected chi connectivity index (χ0v) is 23.7. The predicted molar refractivity (Wildman–Crippen MR) is 140 cm³/mol. The summed E-state index contributed by atoms with van der Waals surface area (Å²) in [5.41, 5.74) is 2.55. The molecule has 7 heteroatoms. The van der Waals surface area contributed by atoms with Crippen LogP contribution in [-0.4, -0.2) is 26.4 Å². The van der Waals surface area contributed by atoms with Crippen LogP contribution in [0, 0.1) is 0 Å². The first-order chi connectivity index (χ1) is 16.0. The van der Waals surface area contributed by atoms with Gasteiger partial charge in [-0.25, -0.2) is 4.57 Å². The fraction of sp³-hybridized carbons (Fsp3) is 0.571. The summed E-state index contributed by atoms with van der Waals surface area (Å²) in [5.74, 6) is 1.62. The van der Waals surface area contributed by atoms with Crippen molar-refractivity contribution in [3.8, 4) is 17.2 Å². The van der Waals surface area contributed by atoms with Crippen LogP contribution in [0.2, 0.25) is 0 Å². The zero-order chi connectivity index (χ0) is 26.2.